The maximum absolute atomic E-state index is 10.1. The Morgan fingerprint density at radius 3 is 1.36 bits per heavy atom. The van der Waals surface area contributed by atoms with Gasteiger partial charge in [0.05, 0.1) is 22.8 Å². The van der Waals surface area contributed by atoms with E-state index in [0.717, 1.165) is 10.8 Å². The van der Waals surface area contributed by atoms with Crippen LogP contribution in [0.1, 0.15) is 0 Å². The SMILES string of the molecule is Oc1cccc2ccc(-c3cccc(-c4ccc5cccc(O)c5n4)n3)nc12. The number of para-hydroxylation sites is 2. The number of phenolic OH excluding ortho intramolecular Hbond substituents is 2. The molecule has 0 fully saturated rings. The molecule has 0 saturated carbocycles. The first-order chi connectivity index (χ1) is 13.7. The van der Waals surface area contributed by atoms with Crippen molar-refractivity contribution in [2.24, 2.45) is 0 Å². The smallest absolute Gasteiger partial charge is 0.141 e. The van der Waals surface area contributed by atoms with E-state index in [0.29, 0.717) is 33.8 Å². The van der Waals surface area contributed by atoms with E-state index in [2.05, 4.69) is 9.97 Å². The Kier molecular flexibility index (Phi) is 3.66. The fourth-order valence-corrected chi connectivity index (χ4v) is 3.27. The second-order valence-corrected chi connectivity index (χ2v) is 6.50. The highest BCUT2D eigenvalue weighted by molar-refractivity contribution is 5.87. The number of pyridine rings is 3. The normalized spacial score (nSPS) is 11.1. The molecule has 3 heterocycles. The van der Waals surface area contributed by atoms with E-state index >= 15 is 0 Å². The van der Waals surface area contributed by atoms with Crippen LogP contribution in [-0.4, -0.2) is 25.2 Å². The molecule has 3 aromatic heterocycles. The lowest BCUT2D eigenvalue weighted by Gasteiger charge is -2.07. The van der Waals surface area contributed by atoms with Gasteiger partial charge in [0.2, 0.25) is 0 Å². The molecule has 0 amide bonds. The first-order valence-corrected chi connectivity index (χ1v) is 8.84. The number of hydrogen-bond acceptors (Lipinski definition) is 5. The number of fused-ring (bicyclic) bond motifs is 2. The predicted octanol–water partition coefficient (Wildman–Crippen LogP) is 4.92. The minimum absolute atomic E-state index is 0.141. The number of benzene rings is 2. The highest BCUT2D eigenvalue weighted by atomic mass is 16.3. The van der Waals surface area contributed by atoms with Crippen LogP contribution in [-0.2, 0) is 0 Å². The Morgan fingerprint density at radius 2 is 0.857 bits per heavy atom. The maximum Gasteiger partial charge on any atom is 0.141 e. The van der Waals surface area contributed by atoms with Gasteiger partial charge < -0.3 is 10.2 Å². The van der Waals surface area contributed by atoms with Gasteiger partial charge in [-0.1, -0.05) is 42.5 Å². The van der Waals surface area contributed by atoms with Crippen LogP contribution in [0.15, 0.2) is 78.9 Å². The molecular weight excluding hydrogens is 350 g/mol. The predicted molar refractivity (Wildman–Crippen MR) is 109 cm³/mol. The van der Waals surface area contributed by atoms with Crippen LogP contribution in [0.2, 0.25) is 0 Å². The third-order valence-corrected chi connectivity index (χ3v) is 4.67. The molecule has 2 N–H and O–H groups in total. The number of hydrogen-bond donors (Lipinski definition) is 2. The fourth-order valence-electron chi connectivity index (χ4n) is 3.27. The van der Waals surface area contributed by atoms with E-state index in [1.165, 1.54) is 0 Å². The number of phenols is 2. The lowest BCUT2D eigenvalue weighted by molar-refractivity contribution is 0.480. The Bertz CT molecular complexity index is 1250. The van der Waals surface area contributed by atoms with Crippen LogP contribution in [0.5, 0.6) is 11.5 Å². The topological polar surface area (TPSA) is 79.1 Å². The van der Waals surface area contributed by atoms with Gasteiger partial charge in [-0.05, 0) is 36.4 Å². The van der Waals surface area contributed by atoms with Crippen molar-refractivity contribution in [3.8, 4) is 34.3 Å². The van der Waals surface area contributed by atoms with Crippen LogP contribution in [0.25, 0.3) is 44.6 Å². The van der Waals surface area contributed by atoms with Crippen molar-refractivity contribution >= 4 is 21.8 Å². The van der Waals surface area contributed by atoms with Crippen LogP contribution in [0, 0.1) is 0 Å². The Hall–Kier alpha value is -3.99. The summed E-state index contributed by atoms with van der Waals surface area (Å²) in [6, 6.07) is 23.9. The Morgan fingerprint density at radius 1 is 0.429 bits per heavy atom. The maximum atomic E-state index is 10.1. The molecule has 5 heteroatoms. The highest BCUT2D eigenvalue weighted by Gasteiger charge is 2.10. The fraction of sp³-hybridized carbons (Fsp3) is 0. The summed E-state index contributed by atoms with van der Waals surface area (Å²) in [6.45, 7) is 0. The molecule has 5 nitrogen and oxygen atoms in total. The summed E-state index contributed by atoms with van der Waals surface area (Å²) in [7, 11) is 0. The standard InChI is InChI=1S/C23H15N3O2/c27-20-8-1-4-14-10-12-18(25-22(14)20)16-6-3-7-17(24-16)19-13-11-15-5-2-9-21(28)23(15)26-19/h1-13,27-28H. The van der Waals surface area contributed by atoms with Crippen molar-refractivity contribution in [1.29, 1.82) is 0 Å². The molecule has 2 aromatic carbocycles. The largest absolute Gasteiger partial charge is 0.506 e. The van der Waals surface area contributed by atoms with Gasteiger partial charge in [-0.2, -0.15) is 0 Å². The van der Waals surface area contributed by atoms with Crippen molar-refractivity contribution in [2.45, 2.75) is 0 Å². The average Bonchev–Trinajstić information content (AvgIpc) is 2.74. The van der Waals surface area contributed by atoms with Crippen LogP contribution < -0.4 is 0 Å². The van der Waals surface area contributed by atoms with Gasteiger partial charge in [0.25, 0.3) is 0 Å². The summed E-state index contributed by atoms with van der Waals surface area (Å²) >= 11 is 0. The Balaban J connectivity index is 1.62. The number of aromatic nitrogens is 3. The van der Waals surface area contributed by atoms with E-state index in [4.69, 9.17) is 4.98 Å². The summed E-state index contributed by atoms with van der Waals surface area (Å²) in [6.07, 6.45) is 0. The molecule has 0 aliphatic heterocycles. The minimum Gasteiger partial charge on any atom is -0.506 e. The van der Waals surface area contributed by atoms with E-state index in [-0.39, 0.29) is 11.5 Å². The van der Waals surface area contributed by atoms with E-state index in [1.54, 1.807) is 24.3 Å². The molecule has 28 heavy (non-hydrogen) atoms. The first kappa shape index (κ1) is 16.2. The molecule has 5 rings (SSSR count). The zero-order valence-corrected chi connectivity index (χ0v) is 14.7. The minimum atomic E-state index is 0.141. The number of nitrogens with zero attached hydrogens (tertiary/aromatic N) is 3. The number of rotatable bonds is 2. The van der Waals surface area contributed by atoms with Gasteiger partial charge in [-0.3, -0.25) is 0 Å². The molecule has 134 valence electrons. The lowest BCUT2D eigenvalue weighted by atomic mass is 10.1. The lowest BCUT2D eigenvalue weighted by Crippen LogP contribution is -1.93. The zero-order valence-electron chi connectivity index (χ0n) is 14.7. The van der Waals surface area contributed by atoms with Gasteiger partial charge in [-0.15, -0.1) is 0 Å². The van der Waals surface area contributed by atoms with Crippen molar-refractivity contribution in [1.82, 2.24) is 15.0 Å². The van der Waals surface area contributed by atoms with E-state index in [1.807, 2.05) is 54.6 Å². The van der Waals surface area contributed by atoms with Gasteiger partial charge in [0.15, 0.2) is 0 Å². The summed E-state index contributed by atoms with van der Waals surface area (Å²) in [5, 5.41) is 21.9. The molecule has 0 aliphatic carbocycles. The summed E-state index contributed by atoms with van der Waals surface area (Å²) in [4.78, 5) is 13.8. The molecule has 0 bridgehead atoms. The number of aromatic hydroxyl groups is 2. The van der Waals surface area contributed by atoms with Crippen molar-refractivity contribution in [2.75, 3.05) is 0 Å². The molecule has 0 radical (unpaired) electrons. The third kappa shape index (κ3) is 2.70. The first-order valence-electron chi connectivity index (χ1n) is 8.84. The summed E-state index contributed by atoms with van der Waals surface area (Å²) in [5.74, 6) is 0.282. The second kappa shape index (κ2) is 6.32. The Labute approximate surface area is 160 Å². The van der Waals surface area contributed by atoms with E-state index < -0.39 is 0 Å². The van der Waals surface area contributed by atoms with Crippen LogP contribution in [0.4, 0.5) is 0 Å². The summed E-state index contributed by atoms with van der Waals surface area (Å²) in [5.41, 5.74) is 3.78. The van der Waals surface area contributed by atoms with Crippen molar-refractivity contribution < 1.29 is 10.2 Å². The monoisotopic (exact) mass is 365 g/mol. The molecule has 0 aliphatic rings. The zero-order chi connectivity index (χ0) is 19.1. The van der Waals surface area contributed by atoms with Gasteiger partial charge in [0.1, 0.15) is 22.5 Å². The molecule has 5 aromatic rings. The molecule has 0 unspecified atom stereocenters. The van der Waals surface area contributed by atoms with Crippen molar-refractivity contribution in [3.63, 3.8) is 0 Å². The second-order valence-electron chi connectivity index (χ2n) is 6.50. The third-order valence-electron chi connectivity index (χ3n) is 4.67. The quantitative estimate of drug-likeness (QED) is 0.464. The summed E-state index contributed by atoms with van der Waals surface area (Å²) < 4.78 is 0. The highest BCUT2D eigenvalue weighted by Crippen LogP contribution is 2.28. The van der Waals surface area contributed by atoms with Gasteiger partial charge in [-0.25, -0.2) is 15.0 Å². The average molecular weight is 365 g/mol. The molecule has 0 atom stereocenters. The van der Waals surface area contributed by atoms with Gasteiger partial charge >= 0.3 is 0 Å². The van der Waals surface area contributed by atoms with Crippen LogP contribution >= 0.6 is 0 Å². The molecule has 0 saturated heterocycles. The van der Waals surface area contributed by atoms with Crippen molar-refractivity contribution in [3.05, 3.63) is 78.9 Å². The van der Waals surface area contributed by atoms with Crippen LogP contribution in [0.3, 0.4) is 0 Å². The molecular formula is C23H15N3O2. The van der Waals surface area contributed by atoms with Gasteiger partial charge in [0, 0.05) is 10.8 Å². The van der Waals surface area contributed by atoms with E-state index in [9.17, 15) is 10.2 Å². The molecule has 0 spiro atoms.